The van der Waals surface area contributed by atoms with Crippen LogP contribution in [0, 0.1) is 0 Å². The second-order valence-corrected chi connectivity index (χ2v) is 11.9. The van der Waals surface area contributed by atoms with Crippen molar-refractivity contribution >= 4 is 36.6 Å². The summed E-state index contributed by atoms with van der Waals surface area (Å²) in [5.74, 6) is -1.01. The van der Waals surface area contributed by atoms with Gasteiger partial charge in [0, 0.05) is 10.9 Å². The maximum atomic E-state index is 12.8. The summed E-state index contributed by atoms with van der Waals surface area (Å²) in [5, 5.41) is 5.75. The highest BCUT2D eigenvalue weighted by molar-refractivity contribution is 7.94. The van der Waals surface area contributed by atoms with Crippen LogP contribution >= 0.6 is 0 Å². The van der Waals surface area contributed by atoms with Crippen LogP contribution in [0.2, 0.25) is 0 Å². The number of hydrogen-bond donors (Lipinski definition) is 1. The Kier molecular flexibility index (Phi) is 6.36. The summed E-state index contributed by atoms with van der Waals surface area (Å²) in [5.41, 5.74) is 0.315. The lowest BCUT2D eigenvalue weighted by atomic mass is 10.1. The van der Waals surface area contributed by atoms with E-state index in [2.05, 4.69) is 0 Å². The highest BCUT2D eigenvalue weighted by Gasteiger charge is 2.27. The molecule has 32 heavy (non-hydrogen) atoms. The van der Waals surface area contributed by atoms with Crippen molar-refractivity contribution in [1.29, 1.82) is 0 Å². The van der Waals surface area contributed by atoms with Gasteiger partial charge in [-0.05, 0) is 64.1 Å². The number of primary sulfonamides is 1. The minimum absolute atomic E-state index is 0.158. The van der Waals surface area contributed by atoms with Crippen LogP contribution in [0.1, 0.15) is 49.9 Å². The van der Waals surface area contributed by atoms with Gasteiger partial charge in [-0.2, -0.15) is 0 Å². The Morgan fingerprint density at radius 3 is 2.25 bits per heavy atom. The van der Waals surface area contributed by atoms with Gasteiger partial charge >= 0.3 is 0 Å². The molecule has 172 valence electrons. The first-order valence-electron chi connectivity index (χ1n) is 9.76. The van der Waals surface area contributed by atoms with Gasteiger partial charge in [0.05, 0.1) is 10.5 Å². The third kappa shape index (κ3) is 5.44. The van der Waals surface area contributed by atoms with Gasteiger partial charge in [0.1, 0.15) is 28.1 Å². The molecule has 0 spiro atoms. The molecule has 0 aliphatic heterocycles. The van der Waals surface area contributed by atoms with Crippen molar-refractivity contribution in [3.8, 4) is 0 Å². The van der Waals surface area contributed by atoms with E-state index in [1.165, 1.54) is 24.3 Å². The molecule has 3 rings (SSSR count). The van der Waals surface area contributed by atoms with Gasteiger partial charge in [-0.3, -0.25) is 4.79 Å². The number of fused-ring (bicyclic) bond motifs is 1. The number of carbonyl (C=O) groups is 1. The number of hydrogen-bond acceptors (Lipinski definition) is 7. The number of benzene rings is 2. The molecule has 0 aliphatic carbocycles. The van der Waals surface area contributed by atoms with E-state index in [0.717, 1.165) is 12.1 Å². The van der Waals surface area contributed by atoms with Crippen molar-refractivity contribution in [2.45, 2.75) is 49.2 Å². The van der Waals surface area contributed by atoms with Crippen LogP contribution in [0.4, 0.5) is 0 Å². The second kappa shape index (κ2) is 8.43. The molecule has 0 fully saturated rings. The lowest BCUT2D eigenvalue weighted by molar-refractivity contribution is -0.0608. The van der Waals surface area contributed by atoms with Crippen molar-refractivity contribution in [3.05, 3.63) is 59.9 Å². The fourth-order valence-corrected chi connectivity index (χ4v) is 5.98. The molecule has 2 N–H and O–H groups in total. The lowest BCUT2D eigenvalue weighted by Crippen LogP contribution is -2.21. The van der Waals surface area contributed by atoms with Crippen LogP contribution in [-0.2, 0) is 24.6 Å². The Hall–Kier alpha value is -2.53. The van der Waals surface area contributed by atoms with Gasteiger partial charge in [-0.1, -0.05) is 12.1 Å². The van der Waals surface area contributed by atoms with E-state index in [9.17, 15) is 21.6 Å². The van der Waals surface area contributed by atoms with Gasteiger partial charge in [0.15, 0.2) is 15.6 Å². The third-order valence-electron chi connectivity index (χ3n) is 4.60. The number of sulfone groups is 1. The van der Waals surface area contributed by atoms with E-state index in [1.807, 2.05) is 27.7 Å². The summed E-state index contributed by atoms with van der Waals surface area (Å²) in [7, 11) is -8.53. The molecule has 0 aliphatic rings. The van der Waals surface area contributed by atoms with E-state index >= 15 is 0 Å². The van der Waals surface area contributed by atoms with Crippen LogP contribution < -0.4 is 5.14 Å². The Morgan fingerprint density at radius 2 is 1.66 bits per heavy atom. The van der Waals surface area contributed by atoms with Gasteiger partial charge in [-0.15, -0.1) is 0 Å². The van der Waals surface area contributed by atoms with Crippen LogP contribution in [0.5, 0.6) is 0 Å². The number of carbonyl (C=O) groups excluding carboxylic acids is 1. The van der Waals surface area contributed by atoms with Crippen molar-refractivity contribution in [3.63, 3.8) is 0 Å². The smallest absolute Gasteiger partial charge is 0.239 e. The molecule has 0 bridgehead atoms. The molecule has 1 unspecified atom stereocenters. The maximum absolute atomic E-state index is 12.8. The number of ketones is 1. The van der Waals surface area contributed by atoms with Crippen molar-refractivity contribution in [1.82, 2.24) is 0 Å². The summed E-state index contributed by atoms with van der Waals surface area (Å²) in [6, 6.07) is 11.3. The van der Waals surface area contributed by atoms with Crippen LogP contribution in [0.15, 0.2) is 62.7 Å². The Labute approximate surface area is 187 Å². The zero-order valence-corrected chi connectivity index (χ0v) is 19.8. The second-order valence-electron chi connectivity index (χ2n) is 8.45. The first kappa shape index (κ1) is 24.1. The predicted octanol–water partition coefficient (Wildman–Crippen LogP) is 3.61. The largest absolute Gasteiger partial charge is 0.458 e. The molecule has 0 radical (unpaired) electrons. The quantitative estimate of drug-likeness (QED) is 0.512. The van der Waals surface area contributed by atoms with Crippen LogP contribution in [0.25, 0.3) is 11.0 Å². The Bertz CT molecular complexity index is 1380. The molecule has 2 aromatic carbocycles. The molecule has 10 heteroatoms. The molecular formula is C22H25NO7S2. The highest BCUT2D eigenvalue weighted by atomic mass is 32.2. The van der Waals surface area contributed by atoms with E-state index < -0.39 is 41.2 Å². The van der Waals surface area contributed by atoms with Crippen molar-refractivity contribution < 1.29 is 30.8 Å². The summed E-state index contributed by atoms with van der Waals surface area (Å²) in [6.45, 7) is 7.64. The van der Waals surface area contributed by atoms with Crippen LogP contribution in [0.3, 0.4) is 0 Å². The number of ether oxygens (including phenoxy) is 1. The zero-order chi connectivity index (χ0) is 23.9. The summed E-state index contributed by atoms with van der Waals surface area (Å²) in [6.07, 6.45) is -0.323. The lowest BCUT2D eigenvalue weighted by Gasteiger charge is -2.23. The number of rotatable bonds is 7. The molecule has 3 aromatic rings. The molecule has 1 aromatic heterocycles. The number of nitrogens with two attached hydrogens (primary N) is 1. The van der Waals surface area contributed by atoms with E-state index in [1.54, 1.807) is 12.1 Å². The van der Waals surface area contributed by atoms with E-state index in [0.29, 0.717) is 16.7 Å². The predicted molar refractivity (Wildman–Crippen MR) is 120 cm³/mol. The maximum Gasteiger partial charge on any atom is 0.239 e. The minimum Gasteiger partial charge on any atom is -0.458 e. The zero-order valence-electron chi connectivity index (χ0n) is 18.2. The minimum atomic E-state index is -4.28. The fourth-order valence-electron chi connectivity index (χ4n) is 3.30. The average Bonchev–Trinajstić information content (AvgIpc) is 3.09. The third-order valence-corrected chi connectivity index (χ3v) is 7.37. The number of sulfonamides is 1. The molecule has 0 saturated heterocycles. The summed E-state index contributed by atoms with van der Waals surface area (Å²) in [4.78, 5) is 11.7. The van der Waals surface area contributed by atoms with Gasteiger partial charge in [-0.25, -0.2) is 22.0 Å². The van der Waals surface area contributed by atoms with E-state index in [-0.39, 0.29) is 17.3 Å². The first-order valence-corrected chi connectivity index (χ1v) is 13.0. The van der Waals surface area contributed by atoms with Crippen molar-refractivity contribution in [2.24, 2.45) is 5.14 Å². The molecule has 0 amide bonds. The number of Topliss-reactive ketones (excluding diaryl/α,β-unsaturated/α-hetero) is 1. The van der Waals surface area contributed by atoms with Gasteiger partial charge < -0.3 is 9.15 Å². The average molecular weight is 480 g/mol. The van der Waals surface area contributed by atoms with Crippen LogP contribution in [-0.4, -0.2) is 34.0 Å². The normalized spacial score (nSPS) is 13.9. The Morgan fingerprint density at radius 1 is 1.03 bits per heavy atom. The Balaban J connectivity index is 1.89. The van der Waals surface area contributed by atoms with Crippen molar-refractivity contribution in [2.75, 3.05) is 5.75 Å². The van der Waals surface area contributed by atoms with E-state index in [4.69, 9.17) is 14.3 Å². The van der Waals surface area contributed by atoms with Gasteiger partial charge in [0.25, 0.3) is 0 Å². The fraction of sp³-hybridized carbons (Fsp3) is 0.318. The summed E-state index contributed by atoms with van der Waals surface area (Å²) >= 11 is 0. The monoisotopic (exact) mass is 479 g/mol. The topological polar surface area (TPSA) is 134 Å². The highest BCUT2D eigenvalue weighted by Crippen LogP contribution is 2.30. The first-order chi connectivity index (χ1) is 14.7. The molecular weight excluding hydrogens is 454 g/mol. The molecule has 8 nitrogen and oxygen atoms in total. The SMILES string of the molecule is CC(OC(C)(C)C)c1cc2cc(C(=O)CS(=O)(=O)c3ccccc3S(N)(=O)=O)ccc2o1. The molecule has 1 atom stereocenters. The summed E-state index contributed by atoms with van der Waals surface area (Å²) < 4.78 is 60.8. The molecule has 1 heterocycles. The molecule has 0 saturated carbocycles. The standard InChI is InChI=1S/C22H25NO7S2/c1-14(30-22(2,3)4)19-12-16-11-15(9-10-18(16)29-19)17(24)13-31(25,26)20-7-5-6-8-21(20)32(23,27)28/h5-12,14H,13H2,1-4H3,(H2,23,27,28). The number of furan rings is 1. The van der Waals surface area contributed by atoms with Gasteiger partial charge in [0.2, 0.25) is 10.0 Å².